The molecule has 0 aliphatic carbocycles. The van der Waals surface area contributed by atoms with Gasteiger partial charge >= 0.3 is 0 Å². The van der Waals surface area contributed by atoms with E-state index in [9.17, 15) is 14.9 Å². The molecule has 0 aliphatic heterocycles. The van der Waals surface area contributed by atoms with Gasteiger partial charge in [0.15, 0.2) is 0 Å². The van der Waals surface area contributed by atoms with Crippen molar-refractivity contribution in [2.24, 2.45) is 7.05 Å². The standard InChI is InChI=1S/C11H10ClN5O3/c1-16-5-6(4-14-16)15-11(18)8-2-7(17(19)20)3-9(12)10(8)13/h2-5H,13H2,1H3,(H,15,18). The zero-order valence-corrected chi connectivity index (χ0v) is 11.1. The lowest BCUT2D eigenvalue weighted by Gasteiger charge is -2.07. The molecule has 1 amide bonds. The Morgan fingerprint density at radius 3 is 2.80 bits per heavy atom. The number of carbonyl (C=O) groups excluding carboxylic acids is 1. The molecule has 9 heteroatoms. The second-order valence-electron chi connectivity index (χ2n) is 4.00. The van der Waals surface area contributed by atoms with Crippen LogP contribution in [0.15, 0.2) is 24.5 Å². The fraction of sp³-hybridized carbons (Fsp3) is 0.0909. The lowest BCUT2D eigenvalue weighted by molar-refractivity contribution is -0.384. The van der Waals surface area contributed by atoms with Gasteiger partial charge in [-0.15, -0.1) is 0 Å². The molecule has 0 spiro atoms. The van der Waals surface area contributed by atoms with Gasteiger partial charge in [0.1, 0.15) is 0 Å². The predicted octanol–water partition coefficient (Wildman–Crippen LogP) is 1.82. The molecule has 0 fully saturated rings. The van der Waals surface area contributed by atoms with Crippen LogP contribution < -0.4 is 11.1 Å². The molecule has 8 nitrogen and oxygen atoms in total. The Morgan fingerprint density at radius 2 is 2.25 bits per heavy atom. The van der Waals surface area contributed by atoms with Crippen LogP contribution in [0.25, 0.3) is 0 Å². The van der Waals surface area contributed by atoms with Crippen LogP contribution in [0.1, 0.15) is 10.4 Å². The Labute approximate surface area is 118 Å². The lowest BCUT2D eigenvalue weighted by Crippen LogP contribution is -2.14. The molecule has 0 unspecified atom stereocenters. The fourth-order valence-electron chi connectivity index (χ4n) is 1.58. The summed E-state index contributed by atoms with van der Waals surface area (Å²) in [6.45, 7) is 0. The van der Waals surface area contributed by atoms with Crippen LogP contribution in [0.2, 0.25) is 5.02 Å². The van der Waals surface area contributed by atoms with E-state index < -0.39 is 10.8 Å². The van der Waals surface area contributed by atoms with Crippen molar-refractivity contribution in [2.45, 2.75) is 0 Å². The number of nitrogens with two attached hydrogens (primary N) is 1. The number of anilines is 2. The molecule has 0 radical (unpaired) electrons. The first kappa shape index (κ1) is 13.8. The molecule has 2 rings (SSSR count). The smallest absolute Gasteiger partial charge is 0.271 e. The third-order valence-corrected chi connectivity index (χ3v) is 2.85. The Balaban J connectivity index is 2.36. The normalized spacial score (nSPS) is 10.3. The van der Waals surface area contributed by atoms with Crippen molar-refractivity contribution in [1.82, 2.24) is 9.78 Å². The molecule has 1 aromatic carbocycles. The number of hydrogen-bond donors (Lipinski definition) is 2. The summed E-state index contributed by atoms with van der Waals surface area (Å²) in [6, 6.07) is 2.17. The molecule has 0 atom stereocenters. The quantitative estimate of drug-likeness (QED) is 0.509. The van der Waals surface area contributed by atoms with Crippen molar-refractivity contribution >= 4 is 34.6 Å². The molecule has 20 heavy (non-hydrogen) atoms. The van der Waals surface area contributed by atoms with E-state index in [0.29, 0.717) is 5.69 Å². The van der Waals surface area contributed by atoms with E-state index in [-0.39, 0.29) is 22.0 Å². The summed E-state index contributed by atoms with van der Waals surface area (Å²) >= 11 is 5.79. The summed E-state index contributed by atoms with van der Waals surface area (Å²) in [4.78, 5) is 22.2. The number of rotatable bonds is 3. The maximum absolute atomic E-state index is 12.1. The van der Waals surface area contributed by atoms with Crippen molar-refractivity contribution in [2.75, 3.05) is 11.1 Å². The minimum absolute atomic E-state index is 0.0151. The second kappa shape index (κ2) is 5.17. The number of nitrogen functional groups attached to an aromatic ring is 1. The molecule has 0 saturated carbocycles. The van der Waals surface area contributed by atoms with Crippen molar-refractivity contribution < 1.29 is 9.72 Å². The number of halogens is 1. The predicted molar refractivity (Wildman–Crippen MR) is 73.7 cm³/mol. The summed E-state index contributed by atoms with van der Waals surface area (Å²) in [5.41, 5.74) is 5.74. The van der Waals surface area contributed by atoms with Gasteiger partial charge in [-0.2, -0.15) is 5.10 Å². The summed E-state index contributed by atoms with van der Waals surface area (Å²) in [6.07, 6.45) is 3.01. The highest BCUT2D eigenvalue weighted by molar-refractivity contribution is 6.34. The minimum atomic E-state index is -0.647. The van der Waals surface area contributed by atoms with Gasteiger partial charge in [0.05, 0.1) is 33.1 Å². The van der Waals surface area contributed by atoms with Gasteiger partial charge in [0, 0.05) is 25.4 Å². The topological polar surface area (TPSA) is 116 Å². The number of aromatic nitrogens is 2. The molecular weight excluding hydrogens is 286 g/mol. The average molecular weight is 296 g/mol. The summed E-state index contributed by atoms with van der Waals surface area (Å²) in [7, 11) is 1.69. The zero-order valence-electron chi connectivity index (χ0n) is 10.3. The Kier molecular flexibility index (Phi) is 3.57. The molecular formula is C11H10ClN5O3. The highest BCUT2D eigenvalue weighted by Gasteiger charge is 2.19. The van der Waals surface area contributed by atoms with E-state index in [2.05, 4.69) is 10.4 Å². The number of nitro benzene ring substituents is 1. The largest absolute Gasteiger partial charge is 0.397 e. The number of hydrogen-bond acceptors (Lipinski definition) is 5. The number of benzene rings is 1. The highest BCUT2D eigenvalue weighted by Crippen LogP contribution is 2.29. The summed E-state index contributed by atoms with van der Waals surface area (Å²) in [5, 5.41) is 17.1. The van der Waals surface area contributed by atoms with E-state index >= 15 is 0 Å². The van der Waals surface area contributed by atoms with E-state index in [0.717, 1.165) is 12.1 Å². The van der Waals surface area contributed by atoms with Crippen molar-refractivity contribution in [3.05, 3.63) is 45.2 Å². The third kappa shape index (κ3) is 2.69. The highest BCUT2D eigenvalue weighted by atomic mass is 35.5. The summed E-state index contributed by atoms with van der Waals surface area (Å²) < 4.78 is 1.50. The van der Waals surface area contributed by atoms with Gasteiger partial charge in [0.25, 0.3) is 11.6 Å². The van der Waals surface area contributed by atoms with E-state index in [1.54, 1.807) is 13.2 Å². The van der Waals surface area contributed by atoms with Crippen molar-refractivity contribution in [1.29, 1.82) is 0 Å². The molecule has 1 aromatic heterocycles. The van der Waals surface area contributed by atoms with Gasteiger partial charge in [-0.25, -0.2) is 0 Å². The number of nitro groups is 1. The van der Waals surface area contributed by atoms with Crippen LogP contribution in [0, 0.1) is 10.1 Å². The first-order chi connectivity index (χ1) is 9.38. The van der Waals surface area contributed by atoms with Crippen LogP contribution in [-0.2, 0) is 7.05 Å². The minimum Gasteiger partial charge on any atom is -0.397 e. The molecule has 0 bridgehead atoms. The van der Waals surface area contributed by atoms with Gasteiger partial charge in [0.2, 0.25) is 0 Å². The van der Waals surface area contributed by atoms with Gasteiger partial charge in [-0.05, 0) is 0 Å². The Morgan fingerprint density at radius 1 is 1.55 bits per heavy atom. The van der Waals surface area contributed by atoms with Crippen LogP contribution in [0.4, 0.5) is 17.1 Å². The lowest BCUT2D eigenvalue weighted by atomic mass is 10.1. The molecule has 1 heterocycles. The van der Waals surface area contributed by atoms with Crippen LogP contribution in [0.3, 0.4) is 0 Å². The molecule has 2 aromatic rings. The molecule has 0 aliphatic rings. The molecule has 0 saturated heterocycles. The number of non-ortho nitro benzene ring substituents is 1. The fourth-order valence-corrected chi connectivity index (χ4v) is 1.79. The second-order valence-corrected chi connectivity index (χ2v) is 4.41. The Bertz CT molecular complexity index is 697. The maximum Gasteiger partial charge on any atom is 0.271 e. The number of amides is 1. The summed E-state index contributed by atoms with van der Waals surface area (Å²) in [5.74, 6) is -0.596. The number of aryl methyl sites for hydroxylation is 1. The van der Waals surface area contributed by atoms with E-state index in [1.165, 1.54) is 10.9 Å². The first-order valence-electron chi connectivity index (χ1n) is 5.42. The first-order valence-corrected chi connectivity index (χ1v) is 5.79. The van der Waals surface area contributed by atoms with Gasteiger partial charge < -0.3 is 11.1 Å². The monoisotopic (exact) mass is 295 g/mol. The third-order valence-electron chi connectivity index (χ3n) is 2.53. The zero-order chi connectivity index (χ0) is 14.9. The molecule has 104 valence electrons. The van der Waals surface area contributed by atoms with Crippen LogP contribution >= 0.6 is 11.6 Å². The average Bonchev–Trinajstić information content (AvgIpc) is 2.77. The molecule has 3 N–H and O–H groups in total. The Hall–Kier alpha value is -2.61. The number of carbonyl (C=O) groups is 1. The SMILES string of the molecule is Cn1cc(NC(=O)c2cc([N+](=O)[O-])cc(Cl)c2N)cn1. The van der Waals surface area contributed by atoms with Gasteiger partial charge in [-0.3, -0.25) is 19.6 Å². The van der Waals surface area contributed by atoms with Crippen LogP contribution in [-0.4, -0.2) is 20.6 Å². The number of nitrogens with zero attached hydrogens (tertiary/aromatic N) is 3. The van der Waals surface area contributed by atoms with E-state index in [1.807, 2.05) is 0 Å². The maximum atomic E-state index is 12.1. The van der Waals surface area contributed by atoms with Crippen molar-refractivity contribution in [3.63, 3.8) is 0 Å². The van der Waals surface area contributed by atoms with Crippen molar-refractivity contribution in [3.8, 4) is 0 Å². The van der Waals surface area contributed by atoms with Gasteiger partial charge in [-0.1, -0.05) is 11.6 Å². The van der Waals surface area contributed by atoms with E-state index in [4.69, 9.17) is 17.3 Å². The number of nitrogens with one attached hydrogen (secondary N) is 1. The van der Waals surface area contributed by atoms with Crippen LogP contribution in [0.5, 0.6) is 0 Å².